The minimum atomic E-state index is -3.51. The van der Waals surface area contributed by atoms with Crippen LogP contribution in [0.5, 0.6) is 0 Å². The number of carbonyl (C=O) groups excluding carboxylic acids is 1. The second-order valence-corrected chi connectivity index (χ2v) is 10.9. The summed E-state index contributed by atoms with van der Waals surface area (Å²) in [7, 11) is -3.51. The summed E-state index contributed by atoms with van der Waals surface area (Å²) in [6, 6.07) is 14.6. The molecular formula is C26H30N4O4S. The molecule has 3 heterocycles. The maximum Gasteiger partial charge on any atom is 0.243 e. The van der Waals surface area contributed by atoms with Crippen LogP contribution in [0, 0.1) is 0 Å². The molecule has 0 saturated carbocycles. The summed E-state index contributed by atoms with van der Waals surface area (Å²) >= 11 is 0. The van der Waals surface area contributed by atoms with Crippen LogP contribution in [-0.2, 0) is 38.9 Å². The summed E-state index contributed by atoms with van der Waals surface area (Å²) in [6.45, 7) is 2.61. The highest BCUT2D eigenvalue weighted by Crippen LogP contribution is 2.24. The van der Waals surface area contributed by atoms with E-state index < -0.39 is 10.0 Å². The van der Waals surface area contributed by atoms with Gasteiger partial charge in [0.25, 0.3) is 0 Å². The van der Waals surface area contributed by atoms with E-state index in [0.29, 0.717) is 39.1 Å². The van der Waals surface area contributed by atoms with Crippen LogP contribution in [0.3, 0.4) is 0 Å². The summed E-state index contributed by atoms with van der Waals surface area (Å²) < 4.78 is 34.4. The number of nitrogens with one attached hydrogen (secondary N) is 1. The molecule has 2 aliphatic rings. The van der Waals surface area contributed by atoms with E-state index in [4.69, 9.17) is 9.72 Å². The number of amides is 1. The molecule has 1 saturated heterocycles. The first-order chi connectivity index (χ1) is 17.0. The maximum absolute atomic E-state index is 12.7. The van der Waals surface area contributed by atoms with Crippen molar-refractivity contribution in [3.05, 3.63) is 66.1 Å². The van der Waals surface area contributed by atoms with Crippen LogP contribution in [-0.4, -0.2) is 54.5 Å². The first kappa shape index (κ1) is 23.7. The minimum absolute atomic E-state index is 0.0831. The standard InChI is InChI=1S/C26H30N4O4S/c31-26(13-6-20-4-11-23(12-5-20)35(32,33)30-15-17-34-18-16-30)27-22-9-7-21(8-10-22)24-19-29-14-2-1-3-25(29)28-24/h4-5,7-12,19H,1-3,6,13-18H2,(H,27,31). The van der Waals surface area contributed by atoms with E-state index >= 15 is 0 Å². The first-order valence-corrected chi connectivity index (χ1v) is 13.6. The number of aromatic nitrogens is 2. The summed E-state index contributed by atoms with van der Waals surface area (Å²) in [5.74, 6) is 1.07. The Kier molecular flexibility index (Phi) is 6.99. The highest BCUT2D eigenvalue weighted by molar-refractivity contribution is 7.89. The van der Waals surface area contributed by atoms with E-state index in [9.17, 15) is 13.2 Å². The lowest BCUT2D eigenvalue weighted by Crippen LogP contribution is -2.40. The molecule has 0 spiro atoms. The molecule has 184 valence electrons. The lowest BCUT2D eigenvalue weighted by atomic mass is 10.1. The Labute approximate surface area is 206 Å². The van der Waals surface area contributed by atoms with E-state index in [1.54, 1.807) is 24.3 Å². The second kappa shape index (κ2) is 10.3. The van der Waals surface area contributed by atoms with Gasteiger partial charge in [-0.2, -0.15) is 4.31 Å². The molecule has 2 aromatic carbocycles. The summed E-state index contributed by atoms with van der Waals surface area (Å²) in [4.78, 5) is 17.5. The van der Waals surface area contributed by atoms with Crippen LogP contribution in [0.2, 0.25) is 0 Å². The molecular weight excluding hydrogens is 464 g/mol. The summed E-state index contributed by atoms with van der Waals surface area (Å²) in [5, 5.41) is 2.94. The molecule has 0 radical (unpaired) electrons. The van der Waals surface area contributed by atoms with Crippen molar-refractivity contribution in [2.24, 2.45) is 0 Å². The van der Waals surface area contributed by atoms with Crippen molar-refractivity contribution >= 4 is 21.6 Å². The number of hydrogen-bond acceptors (Lipinski definition) is 5. The van der Waals surface area contributed by atoms with Crippen LogP contribution in [0.4, 0.5) is 5.69 Å². The number of benzene rings is 2. The van der Waals surface area contributed by atoms with Gasteiger partial charge < -0.3 is 14.6 Å². The van der Waals surface area contributed by atoms with Crippen molar-refractivity contribution in [3.8, 4) is 11.3 Å². The van der Waals surface area contributed by atoms with Crippen LogP contribution in [0.1, 0.15) is 30.7 Å². The zero-order valence-electron chi connectivity index (χ0n) is 19.7. The highest BCUT2D eigenvalue weighted by atomic mass is 32.2. The molecule has 2 aliphatic heterocycles. The average molecular weight is 495 g/mol. The van der Waals surface area contributed by atoms with Gasteiger partial charge in [-0.15, -0.1) is 0 Å². The molecule has 0 unspecified atom stereocenters. The largest absolute Gasteiger partial charge is 0.379 e. The lowest BCUT2D eigenvalue weighted by Gasteiger charge is -2.26. The predicted octanol–water partition coefficient (Wildman–Crippen LogP) is 3.48. The van der Waals surface area contributed by atoms with Crippen LogP contribution in [0.25, 0.3) is 11.3 Å². The number of carbonyl (C=O) groups is 1. The molecule has 1 aromatic heterocycles. The van der Waals surface area contributed by atoms with Gasteiger partial charge in [-0.05, 0) is 49.1 Å². The molecule has 0 bridgehead atoms. The predicted molar refractivity (Wildman–Crippen MR) is 134 cm³/mol. The minimum Gasteiger partial charge on any atom is -0.379 e. The van der Waals surface area contributed by atoms with Gasteiger partial charge in [0.2, 0.25) is 15.9 Å². The van der Waals surface area contributed by atoms with Gasteiger partial charge in [-0.25, -0.2) is 13.4 Å². The number of sulfonamides is 1. The van der Waals surface area contributed by atoms with E-state index in [-0.39, 0.29) is 10.8 Å². The molecule has 1 N–H and O–H groups in total. The van der Waals surface area contributed by atoms with Crippen molar-refractivity contribution in [1.82, 2.24) is 13.9 Å². The number of aryl methyl sites for hydroxylation is 3. The van der Waals surface area contributed by atoms with E-state index in [1.165, 1.54) is 17.1 Å². The van der Waals surface area contributed by atoms with E-state index in [0.717, 1.165) is 41.3 Å². The van der Waals surface area contributed by atoms with Crippen molar-refractivity contribution in [2.75, 3.05) is 31.6 Å². The number of rotatable bonds is 7. The molecule has 1 fully saturated rings. The van der Waals surface area contributed by atoms with Gasteiger partial charge >= 0.3 is 0 Å². The Hall–Kier alpha value is -3.01. The Morgan fingerprint density at radius 2 is 1.71 bits per heavy atom. The fourth-order valence-electron chi connectivity index (χ4n) is 4.52. The normalized spacial score (nSPS) is 16.6. The van der Waals surface area contributed by atoms with Gasteiger partial charge in [-0.3, -0.25) is 4.79 Å². The third-order valence-electron chi connectivity index (χ3n) is 6.54. The fourth-order valence-corrected chi connectivity index (χ4v) is 5.93. The fraction of sp³-hybridized carbons (Fsp3) is 0.385. The van der Waals surface area contributed by atoms with Crippen molar-refractivity contribution in [3.63, 3.8) is 0 Å². The molecule has 1 amide bonds. The lowest BCUT2D eigenvalue weighted by molar-refractivity contribution is -0.116. The van der Waals surface area contributed by atoms with E-state index in [1.807, 2.05) is 24.3 Å². The van der Waals surface area contributed by atoms with Gasteiger partial charge in [-0.1, -0.05) is 24.3 Å². The number of ether oxygens (including phenoxy) is 1. The van der Waals surface area contributed by atoms with Crippen molar-refractivity contribution in [1.29, 1.82) is 0 Å². The van der Waals surface area contributed by atoms with Crippen molar-refractivity contribution in [2.45, 2.75) is 43.5 Å². The molecule has 0 aliphatic carbocycles. The van der Waals surface area contributed by atoms with Crippen molar-refractivity contribution < 1.29 is 17.9 Å². The number of anilines is 1. The Morgan fingerprint density at radius 1 is 0.971 bits per heavy atom. The first-order valence-electron chi connectivity index (χ1n) is 12.1. The Bertz CT molecular complexity index is 1250. The Morgan fingerprint density at radius 3 is 2.43 bits per heavy atom. The molecule has 5 rings (SSSR count). The molecule has 9 heteroatoms. The monoisotopic (exact) mass is 494 g/mol. The number of imidazole rings is 1. The molecule has 3 aromatic rings. The van der Waals surface area contributed by atoms with Crippen LogP contribution < -0.4 is 5.32 Å². The summed E-state index contributed by atoms with van der Waals surface area (Å²) in [5.41, 5.74) is 3.67. The molecule has 0 atom stereocenters. The Balaban J connectivity index is 1.14. The van der Waals surface area contributed by atoms with Gasteiger partial charge in [0.1, 0.15) is 5.82 Å². The maximum atomic E-state index is 12.7. The van der Waals surface area contributed by atoms with Crippen LogP contribution >= 0.6 is 0 Å². The zero-order valence-corrected chi connectivity index (χ0v) is 20.5. The van der Waals surface area contributed by atoms with E-state index in [2.05, 4.69) is 16.1 Å². The second-order valence-electron chi connectivity index (χ2n) is 8.98. The topological polar surface area (TPSA) is 93.5 Å². The number of fused-ring (bicyclic) bond motifs is 1. The number of morpholine rings is 1. The molecule has 8 nitrogen and oxygen atoms in total. The average Bonchev–Trinajstić information content (AvgIpc) is 3.33. The smallest absolute Gasteiger partial charge is 0.243 e. The van der Waals surface area contributed by atoms with Gasteiger partial charge in [0.15, 0.2) is 0 Å². The molecule has 35 heavy (non-hydrogen) atoms. The third-order valence-corrected chi connectivity index (χ3v) is 8.46. The zero-order chi connectivity index (χ0) is 24.3. The van der Waals surface area contributed by atoms with Gasteiger partial charge in [0.05, 0.1) is 23.8 Å². The summed E-state index contributed by atoms with van der Waals surface area (Å²) in [6.07, 6.45) is 6.37. The number of hydrogen-bond donors (Lipinski definition) is 1. The number of nitrogens with zero attached hydrogens (tertiary/aromatic N) is 3. The quantitative estimate of drug-likeness (QED) is 0.543. The van der Waals surface area contributed by atoms with Crippen LogP contribution in [0.15, 0.2) is 59.6 Å². The SMILES string of the molecule is O=C(CCc1ccc(S(=O)(=O)N2CCOCC2)cc1)Nc1ccc(-c2cn3c(n2)CCCC3)cc1. The third kappa shape index (κ3) is 5.47. The van der Waals surface area contributed by atoms with Gasteiger partial charge in [0, 0.05) is 49.9 Å². The highest BCUT2D eigenvalue weighted by Gasteiger charge is 2.26.